The lowest BCUT2D eigenvalue weighted by atomic mass is 9.98. The molecule has 0 saturated carbocycles. The molecular formula is C21H29N3O. The molecule has 0 amide bonds. The second-order valence-electron chi connectivity index (χ2n) is 7.82. The van der Waals surface area contributed by atoms with E-state index in [-0.39, 0.29) is 5.56 Å². The molecule has 134 valence electrons. The summed E-state index contributed by atoms with van der Waals surface area (Å²) in [4.78, 5) is 17.6. The van der Waals surface area contributed by atoms with Crippen molar-refractivity contribution in [2.24, 2.45) is 5.92 Å². The average molecular weight is 339 g/mol. The minimum absolute atomic E-state index is 0.173. The first-order chi connectivity index (χ1) is 12.2. The van der Waals surface area contributed by atoms with E-state index in [1.807, 2.05) is 10.6 Å². The van der Waals surface area contributed by atoms with Crippen LogP contribution >= 0.6 is 0 Å². The highest BCUT2D eigenvalue weighted by Crippen LogP contribution is 2.27. The molecule has 25 heavy (non-hydrogen) atoms. The molecule has 1 fully saturated rings. The van der Waals surface area contributed by atoms with Crippen LogP contribution in [0.4, 0.5) is 0 Å². The molecule has 2 aliphatic heterocycles. The van der Waals surface area contributed by atoms with E-state index in [4.69, 9.17) is 0 Å². The maximum atomic E-state index is 12.7. The van der Waals surface area contributed by atoms with Gasteiger partial charge < -0.3 is 9.47 Å². The van der Waals surface area contributed by atoms with Gasteiger partial charge >= 0.3 is 0 Å². The zero-order chi connectivity index (χ0) is 17.4. The molecular weight excluding hydrogens is 310 g/mol. The van der Waals surface area contributed by atoms with Gasteiger partial charge in [0.1, 0.15) is 0 Å². The molecule has 4 rings (SSSR count). The number of hydrogen-bond donors (Lipinski definition) is 0. The van der Waals surface area contributed by atoms with Crippen molar-refractivity contribution in [3.05, 3.63) is 45.7 Å². The van der Waals surface area contributed by atoms with E-state index in [0.29, 0.717) is 0 Å². The summed E-state index contributed by atoms with van der Waals surface area (Å²) in [5, 5.41) is 1.28. The molecule has 0 N–H and O–H groups in total. The van der Waals surface area contributed by atoms with Crippen molar-refractivity contribution in [2.75, 3.05) is 33.2 Å². The van der Waals surface area contributed by atoms with Gasteiger partial charge in [0, 0.05) is 37.6 Å². The fourth-order valence-electron chi connectivity index (χ4n) is 4.65. The van der Waals surface area contributed by atoms with Gasteiger partial charge in [-0.2, -0.15) is 0 Å². The van der Waals surface area contributed by atoms with Gasteiger partial charge in [0.15, 0.2) is 0 Å². The van der Waals surface area contributed by atoms with Crippen LogP contribution in [0.3, 0.4) is 0 Å². The highest BCUT2D eigenvalue weighted by Gasteiger charge is 2.22. The third-order valence-electron chi connectivity index (χ3n) is 5.97. The molecule has 4 nitrogen and oxygen atoms in total. The molecule has 0 radical (unpaired) electrons. The van der Waals surface area contributed by atoms with Gasteiger partial charge in [-0.15, -0.1) is 0 Å². The predicted octanol–water partition coefficient (Wildman–Crippen LogP) is 2.72. The molecule has 0 aliphatic carbocycles. The second kappa shape index (κ2) is 6.93. The Morgan fingerprint density at radius 2 is 2.16 bits per heavy atom. The molecule has 0 bridgehead atoms. The summed E-state index contributed by atoms with van der Waals surface area (Å²) in [7, 11) is 2.21. The van der Waals surface area contributed by atoms with Crippen molar-refractivity contribution in [1.29, 1.82) is 0 Å². The van der Waals surface area contributed by atoms with Gasteiger partial charge in [-0.1, -0.05) is 25.1 Å². The number of para-hydroxylation sites is 1. The summed E-state index contributed by atoms with van der Waals surface area (Å²) in [5.74, 6) is 0.756. The zero-order valence-electron chi connectivity index (χ0n) is 15.5. The number of benzene rings is 1. The summed E-state index contributed by atoms with van der Waals surface area (Å²) in [6.07, 6.45) is 3.45. The Balaban J connectivity index is 1.65. The first kappa shape index (κ1) is 16.8. The highest BCUT2D eigenvalue weighted by molar-refractivity contribution is 5.86. The van der Waals surface area contributed by atoms with Crippen molar-refractivity contribution < 1.29 is 0 Å². The van der Waals surface area contributed by atoms with Crippen LogP contribution in [-0.4, -0.2) is 47.6 Å². The van der Waals surface area contributed by atoms with E-state index in [0.717, 1.165) is 44.9 Å². The van der Waals surface area contributed by atoms with Crippen LogP contribution in [0.15, 0.2) is 29.1 Å². The van der Waals surface area contributed by atoms with Crippen molar-refractivity contribution in [2.45, 2.75) is 39.3 Å². The van der Waals surface area contributed by atoms with Crippen LogP contribution in [0.25, 0.3) is 10.9 Å². The normalized spacial score (nSPS) is 20.7. The molecule has 1 atom stereocenters. The van der Waals surface area contributed by atoms with E-state index in [2.05, 4.69) is 42.0 Å². The van der Waals surface area contributed by atoms with E-state index < -0.39 is 0 Å². The molecule has 1 aromatic carbocycles. The number of nitrogens with zero attached hydrogens (tertiary/aromatic N) is 3. The maximum absolute atomic E-state index is 12.7. The number of aryl methyl sites for hydroxylation is 2. The second-order valence-corrected chi connectivity index (χ2v) is 7.82. The number of hydrogen-bond acceptors (Lipinski definition) is 3. The molecule has 0 unspecified atom stereocenters. The minimum Gasteiger partial charge on any atom is -0.308 e. The van der Waals surface area contributed by atoms with Gasteiger partial charge in [-0.05, 0) is 56.4 Å². The largest absolute Gasteiger partial charge is 0.308 e. The number of pyridine rings is 1. The first-order valence-electron chi connectivity index (χ1n) is 9.71. The molecule has 3 heterocycles. The third kappa shape index (κ3) is 3.25. The lowest BCUT2D eigenvalue weighted by Crippen LogP contribution is -2.32. The summed E-state index contributed by atoms with van der Waals surface area (Å²) < 4.78 is 1.99. The quantitative estimate of drug-likeness (QED) is 0.839. The molecule has 1 aromatic heterocycles. The third-order valence-corrected chi connectivity index (χ3v) is 5.97. The number of likely N-dealkylation sites (tertiary alicyclic amines) is 1. The topological polar surface area (TPSA) is 28.5 Å². The monoisotopic (exact) mass is 339 g/mol. The molecule has 1 saturated heterocycles. The van der Waals surface area contributed by atoms with Crippen LogP contribution in [0.1, 0.15) is 30.9 Å². The van der Waals surface area contributed by atoms with Crippen molar-refractivity contribution in [1.82, 2.24) is 14.4 Å². The Bertz CT molecular complexity index is 826. The lowest BCUT2D eigenvalue weighted by molar-refractivity contribution is 0.233. The standard InChI is InChI=1S/C21H29N3O/c1-3-23(14-16-9-11-22(2)13-16)15-18-12-20(25)24-10-5-7-17-6-4-8-19(18)21(17)24/h4,6,8,12,16H,3,5,7,9-11,13-15H2,1-2H3/t16-/m0/s1. The SMILES string of the molecule is CCN(Cc1cc(=O)n2c3c(cccc13)CCC2)C[C@H]1CCN(C)C1. The fraction of sp³-hybridized carbons (Fsp3) is 0.571. The average Bonchev–Trinajstić information content (AvgIpc) is 3.03. The minimum atomic E-state index is 0.173. The van der Waals surface area contributed by atoms with Gasteiger partial charge in [-0.25, -0.2) is 0 Å². The zero-order valence-corrected chi connectivity index (χ0v) is 15.5. The Labute approximate surface area is 150 Å². The lowest BCUT2D eigenvalue weighted by Gasteiger charge is -2.26. The van der Waals surface area contributed by atoms with Crippen molar-refractivity contribution in [3.63, 3.8) is 0 Å². The van der Waals surface area contributed by atoms with Gasteiger partial charge in [0.25, 0.3) is 5.56 Å². The first-order valence-corrected chi connectivity index (χ1v) is 9.71. The fourth-order valence-corrected chi connectivity index (χ4v) is 4.65. The Morgan fingerprint density at radius 1 is 1.28 bits per heavy atom. The maximum Gasteiger partial charge on any atom is 0.251 e. The van der Waals surface area contributed by atoms with Gasteiger partial charge in [0.2, 0.25) is 0 Å². The van der Waals surface area contributed by atoms with Crippen molar-refractivity contribution >= 4 is 10.9 Å². The van der Waals surface area contributed by atoms with Crippen LogP contribution in [0, 0.1) is 5.92 Å². The summed E-state index contributed by atoms with van der Waals surface area (Å²) in [5.41, 5.74) is 3.90. The summed E-state index contributed by atoms with van der Waals surface area (Å²) in [6, 6.07) is 8.43. The van der Waals surface area contributed by atoms with E-state index >= 15 is 0 Å². The molecule has 4 heteroatoms. The molecule has 2 aliphatic rings. The number of rotatable bonds is 5. The van der Waals surface area contributed by atoms with Crippen LogP contribution in [-0.2, 0) is 19.5 Å². The molecule has 2 aromatic rings. The van der Waals surface area contributed by atoms with E-state index in [1.54, 1.807) is 0 Å². The molecule has 0 spiro atoms. The summed E-state index contributed by atoms with van der Waals surface area (Å²) >= 11 is 0. The number of aromatic nitrogens is 1. The van der Waals surface area contributed by atoms with E-state index in [1.165, 1.54) is 41.5 Å². The summed E-state index contributed by atoms with van der Waals surface area (Å²) in [6.45, 7) is 8.55. The van der Waals surface area contributed by atoms with E-state index in [9.17, 15) is 4.79 Å². The highest BCUT2D eigenvalue weighted by atomic mass is 16.1. The smallest absolute Gasteiger partial charge is 0.251 e. The van der Waals surface area contributed by atoms with Crippen LogP contribution in [0.2, 0.25) is 0 Å². The van der Waals surface area contributed by atoms with Crippen LogP contribution < -0.4 is 5.56 Å². The van der Waals surface area contributed by atoms with Crippen molar-refractivity contribution in [3.8, 4) is 0 Å². The Hall–Kier alpha value is -1.65. The van der Waals surface area contributed by atoms with Gasteiger partial charge in [-0.3, -0.25) is 9.69 Å². The predicted molar refractivity (Wildman–Crippen MR) is 103 cm³/mol. The van der Waals surface area contributed by atoms with Gasteiger partial charge in [0.05, 0.1) is 5.52 Å². The van der Waals surface area contributed by atoms with Crippen LogP contribution in [0.5, 0.6) is 0 Å². The Morgan fingerprint density at radius 3 is 2.92 bits per heavy atom. The Kier molecular flexibility index (Phi) is 4.65.